The number of hydrogen-bond donors (Lipinski definition) is 6. The van der Waals surface area contributed by atoms with Crippen LogP contribution in [0.5, 0.6) is 0 Å². The standard InChI is InChI=1S/C49H85O13P/c1-3-5-7-9-11-13-15-17-19-21-23-25-27-29-31-33-35-37-42(50)59-39-41(40-60-63(57,58)62-49-47(55)45(53)44(52)46(54)48(49)56)61-43(51)38-36-34-32-30-28-26-24-22-20-18-16-14-12-10-8-6-4-2/h5,7,11,13,17-20,23,25,41,44-49,52-56H,3-4,6,8-10,12,14-16,21-22,24,26-40H2,1-2H3,(H,57,58)/b7-5-,13-11-,19-17-,20-18-,25-23-/t41-,44?,45-,46+,47-,48-,49?/m1/s1. The van der Waals surface area contributed by atoms with Crippen LogP contribution in [0.3, 0.4) is 0 Å². The second kappa shape index (κ2) is 38.8. The number of rotatable bonds is 39. The first-order valence-electron chi connectivity index (χ1n) is 24.1. The Morgan fingerprint density at radius 2 is 0.905 bits per heavy atom. The number of allylic oxidation sites excluding steroid dienone is 10. The molecule has 0 aromatic rings. The first-order valence-corrected chi connectivity index (χ1v) is 25.6. The normalized spacial score (nSPS) is 22.2. The molecule has 0 aliphatic heterocycles. The van der Waals surface area contributed by atoms with Gasteiger partial charge in [-0.1, -0.05) is 152 Å². The van der Waals surface area contributed by atoms with Crippen LogP contribution in [0, 0.1) is 0 Å². The van der Waals surface area contributed by atoms with Crippen molar-refractivity contribution in [1.29, 1.82) is 0 Å². The third-order valence-electron chi connectivity index (χ3n) is 10.8. The molecule has 0 aromatic heterocycles. The fraction of sp³-hybridized carbons (Fsp3) is 0.755. The van der Waals surface area contributed by atoms with Crippen molar-refractivity contribution < 1.29 is 63.1 Å². The zero-order valence-corrected chi connectivity index (χ0v) is 39.5. The monoisotopic (exact) mass is 913 g/mol. The van der Waals surface area contributed by atoms with Gasteiger partial charge in [0.25, 0.3) is 0 Å². The minimum atomic E-state index is -5.13. The molecule has 63 heavy (non-hydrogen) atoms. The lowest BCUT2D eigenvalue weighted by atomic mass is 9.85. The quantitative estimate of drug-likeness (QED) is 0.0147. The van der Waals surface area contributed by atoms with Crippen LogP contribution in [0.25, 0.3) is 0 Å². The van der Waals surface area contributed by atoms with E-state index in [1.165, 1.54) is 51.4 Å². The molecule has 0 saturated heterocycles. The van der Waals surface area contributed by atoms with Crippen LogP contribution in [0.4, 0.5) is 0 Å². The van der Waals surface area contributed by atoms with Crippen molar-refractivity contribution >= 4 is 19.8 Å². The molecule has 0 radical (unpaired) electrons. The molecule has 6 N–H and O–H groups in total. The Hall–Kier alpha value is -2.45. The first kappa shape index (κ1) is 58.6. The van der Waals surface area contributed by atoms with Crippen molar-refractivity contribution in [1.82, 2.24) is 0 Å². The fourth-order valence-electron chi connectivity index (χ4n) is 6.98. The molecular formula is C49H85O13P. The third-order valence-corrected chi connectivity index (χ3v) is 11.8. The highest BCUT2D eigenvalue weighted by Crippen LogP contribution is 2.47. The van der Waals surface area contributed by atoms with Gasteiger partial charge in [-0.25, -0.2) is 4.57 Å². The van der Waals surface area contributed by atoms with Gasteiger partial charge in [-0.2, -0.15) is 0 Å². The van der Waals surface area contributed by atoms with Crippen LogP contribution in [0.2, 0.25) is 0 Å². The third kappa shape index (κ3) is 31.2. The number of phosphoric acid groups is 1. The minimum absolute atomic E-state index is 0.0839. The second-order valence-corrected chi connectivity index (χ2v) is 18.0. The summed E-state index contributed by atoms with van der Waals surface area (Å²) in [5, 5.41) is 50.2. The maximum Gasteiger partial charge on any atom is 0.472 e. The van der Waals surface area contributed by atoms with E-state index >= 15 is 0 Å². The largest absolute Gasteiger partial charge is 0.472 e. The van der Waals surface area contributed by atoms with Gasteiger partial charge < -0.3 is 39.9 Å². The molecular weight excluding hydrogens is 827 g/mol. The van der Waals surface area contributed by atoms with Crippen molar-refractivity contribution in [3.8, 4) is 0 Å². The molecule has 0 heterocycles. The number of aliphatic hydroxyl groups is 5. The number of carbonyl (C=O) groups excluding carboxylic acids is 2. The molecule has 0 bridgehead atoms. The van der Waals surface area contributed by atoms with E-state index in [-0.39, 0.29) is 12.8 Å². The van der Waals surface area contributed by atoms with Crippen molar-refractivity contribution in [3.63, 3.8) is 0 Å². The summed E-state index contributed by atoms with van der Waals surface area (Å²) in [7, 11) is -5.13. The van der Waals surface area contributed by atoms with Gasteiger partial charge in [0.2, 0.25) is 0 Å². The van der Waals surface area contributed by atoms with E-state index in [2.05, 4.69) is 74.6 Å². The smallest absolute Gasteiger partial charge is 0.462 e. The Bertz CT molecular complexity index is 1330. The maximum absolute atomic E-state index is 12.8. The lowest BCUT2D eigenvalue weighted by Gasteiger charge is -2.41. The SMILES string of the molecule is CC/C=C\C/C=C\C/C=C\C/C=C\CCCCCCC(=O)OC[C@H](COP(=O)(O)OC1[C@H](O)[C@H](O)C(O)[C@H](O)[C@H]1O)OC(=O)CCCCCCCCC/C=C\CCCCCCCC. The Morgan fingerprint density at radius 1 is 0.508 bits per heavy atom. The molecule has 1 fully saturated rings. The number of unbranched alkanes of at least 4 members (excludes halogenated alkanes) is 17. The summed E-state index contributed by atoms with van der Waals surface area (Å²) >= 11 is 0. The van der Waals surface area contributed by atoms with E-state index in [4.69, 9.17) is 18.5 Å². The van der Waals surface area contributed by atoms with Crippen LogP contribution in [0.15, 0.2) is 60.8 Å². The zero-order valence-electron chi connectivity index (χ0n) is 38.6. The first-order chi connectivity index (χ1) is 30.4. The van der Waals surface area contributed by atoms with Crippen molar-refractivity contribution in [2.45, 2.75) is 224 Å². The van der Waals surface area contributed by atoms with Gasteiger partial charge in [-0.15, -0.1) is 0 Å². The second-order valence-electron chi connectivity index (χ2n) is 16.6. The van der Waals surface area contributed by atoms with Crippen molar-refractivity contribution in [2.24, 2.45) is 0 Å². The lowest BCUT2D eigenvalue weighted by molar-refractivity contribution is -0.220. The highest BCUT2D eigenvalue weighted by molar-refractivity contribution is 7.47. The van der Waals surface area contributed by atoms with Crippen molar-refractivity contribution in [3.05, 3.63) is 60.8 Å². The molecule has 14 heteroatoms. The molecule has 0 aromatic carbocycles. The van der Waals surface area contributed by atoms with Gasteiger partial charge in [0, 0.05) is 12.8 Å². The molecule has 1 aliphatic rings. The molecule has 8 atom stereocenters. The number of ether oxygens (including phenoxy) is 2. The fourth-order valence-corrected chi connectivity index (χ4v) is 7.95. The number of aliphatic hydroxyl groups excluding tert-OH is 5. The number of esters is 2. The number of carbonyl (C=O) groups is 2. The van der Waals surface area contributed by atoms with E-state index in [0.29, 0.717) is 12.8 Å². The predicted molar refractivity (Wildman–Crippen MR) is 249 cm³/mol. The minimum Gasteiger partial charge on any atom is -0.462 e. The van der Waals surface area contributed by atoms with E-state index < -0.39 is 75.7 Å². The molecule has 3 unspecified atom stereocenters. The van der Waals surface area contributed by atoms with Gasteiger partial charge in [0.05, 0.1) is 6.61 Å². The van der Waals surface area contributed by atoms with Gasteiger partial charge in [-0.05, 0) is 77.0 Å². The van der Waals surface area contributed by atoms with Gasteiger partial charge >= 0.3 is 19.8 Å². The van der Waals surface area contributed by atoms with Gasteiger partial charge in [0.1, 0.15) is 43.2 Å². The average molecular weight is 913 g/mol. The van der Waals surface area contributed by atoms with Crippen molar-refractivity contribution in [2.75, 3.05) is 13.2 Å². The summed E-state index contributed by atoms with van der Waals surface area (Å²) in [5.74, 6) is -1.13. The Kier molecular flexibility index (Phi) is 36.1. The summed E-state index contributed by atoms with van der Waals surface area (Å²) in [4.78, 5) is 35.8. The summed E-state index contributed by atoms with van der Waals surface area (Å²) < 4.78 is 33.5. The molecule has 13 nitrogen and oxygen atoms in total. The highest BCUT2D eigenvalue weighted by Gasteiger charge is 2.51. The van der Waals surface area contributed by atoms with Crippen LogP contribution >= 0.6 is 7.82 Å². The summed E-state index contributed by atoms with van der Waals surface area (Å²) in [6.07, 6.45) is 34.1. The Morgan fingerprint density at radius 3 is 1.40 bits per heavy atom. The molecule has 364 valence electrons. The van der Waals surface area contributed by atoms with Crippen LogP contribution in [0.1, 0.15) is 181 Å². The van der Waals surface area contributed by atoms with E-state index in [0.717, 1.165) is 89.9 Å². The van der Waals surface area contributed by atoms with Gasteiger partial charge in [-0.3, -0.25) is 18.6 Å². The highest BCUT2D eigenvalue weighted by atomic mass is 31.2. The maximum atomic E-state index is 12.8. The molecule has 1 aliphatic carbocycles. The number of phosphoric ester groups is 1. The topological polar surface area (TPSA) is 210 Å². The predicted octanol–water partition coefficient (Wildman–Crippen LogP) is 9.73. The van der Waals surface area contributed by atoms with E-state index in [1.54, 1.807) is 0 Å². The zero-order chi connectivity index (χ0) is 46.4. The summed E-state index contributed by atoms with van der Waals surface area (Å²) in [6.45, 7) is 3.16. The summed E-state index contributed by atoms with van der Waals surface area (Å²) in [6, 6.07) is 0. The van der Waals surface area contributed by atoms with Gasteiger partial charge in [0.15, 0.2) is 6.10 Å². The van der Waals surface area contributed by atoms with Crippen LogP contribution < -0.4 is 0 Å². The molecule has 1 rings (SSSR count). The lowest BCUT2D eigenvalue weighted by Crippen LogP contribution is -2.64. The van der Waals surface area contributed by atoms with Crippen LogP contribution in [-0.2, 0) is 32.7 Å². The molecule has 1 saturated carbocycles. The Balaban J connectivity index is 2.46. The molecule has 0 spiro atoms. The average Bonchev–Trinajstić information content (AvgIpc) is 3.26. The number of hydrogen-bond acceptors (Lipinski definition) is 12. The molecule has 0 amide bonds. The van der Waals surface area contributed by atoms with Crippen LogP contribution in [-0.4, -0.2) is 98.3 Å². The Labute approximate surface area is 379 Å². The summed E-state index contributed by atoms with van der Waals surface area (Å²) in [5.41, 5.74) is 0. The van der Waals surface area contributed by atoms with E-state index in [9.17, 15) is 44.6 Å². The van der Waals surface area contributed by atoms with E-state index in [1.807, 2.05) is 0 Å².